The molecular formula is C37H37F2N7O5. The number of phenolic OH excluding ortho intramolecular Hbond substituents is 1. The van der Waals surface area contributed by atoms with Crippen LogP contribution in [0.2, 0.25) is 0 Å². The van der Waals surface area contributed by atoms with Crippen molar-refractivity contribution in [2.24, 2.45) is 0 Å². The van der Waals surface area contributed by atoms with Crippen LogP contribution in [0.1, 0.15) is 39.1 Å². The summed E-state index contributed by atoms with van der Waals surface area (Å²) in [6, 6.07) is 25.6. The van der Waals surface area contributed by atoms with Gasteiger partial charge >= 0.3 is 0 Å². The number of carbonyl (C=O) groups is 2. The Kier molecular flexibility index (Phi) is 13.3. The first-order valence-corrected chi connectivity index (χ1v) is 16.2. The summed E-state index contributed by atoms with van der Waals surface area (Å²) in [5.74, 6) is -1.40. The summed E-state index contributed by atoms with van der Waals surface area (Å²) in [5.41, 5.74) is 2.72. The Morgan fingerprint density at radius 2 is 1.29 bits per heavy atom. The Bertz CT molecular complexity index is 1880. The molecule has 0 saturated carbocycles. The van der Waals surface area contributed by atoms with Crippen LogP contribution in [-0.2, 0) is 16.0 Å². The number of benzene rings is 4. The van der Waals surface area contributed by atoms with Crippen LogP contribution in [0.25, 0.3) is 0 Å². The summed E-state index contributed by atoms with van der Waals surface area (Å²) in [4.78, 5) is 38.1. The van der Waals surface area contributed by atoms with Crippen LogP contribution in [0, 0.1) is 11.6 Å². The lowest BCUT2D eigenvalue weighted by Crippen LogP contribution is -2.22. The molecule has 0 spiro atoms. The minimum Gasteiger partial charge on any atom is -0.508 e. The van der Waals surface area contributed by atoms with Gasteiger partial charge in [0.15, 0.2) is 17.4 Å². The van der Waals surface area contributed by atoms with Gasteiger partial charge in [-0.15, -0.1) is 0 Å². The molecule has 5 rings (SSSR count). The van der Waals surface area contributed by atoms with Gasteiger partial charge in [0.2, 0.25) is 17.8 Å². The first-order chi connectivity index (χ1) is 24.8. The zero-order chi connectivity index (χ0) is 35.8. The number of ketones is 1. The number of amides is 1. The summed E-state index contributed by atoms with van der Waals surface area (Å²) in [6.45, 7) is 2.02. The van der Waals surface area contributed by atoms with Crippen LogP contribution < -0.4 is 21.3 Å². The molecule has 0 atom stereocenters. The van der Waals surface area contributed by atoms with Crippen LogP contribution in [0.4, 0.5) is 38.0 Å². The van der Waals surface area contributed by atoms with Crippen LogP contribution in [0.3, 0.4) is 0 Å². The van der Waals surface area contributed by atoms with Crippen LogP contribution in [-0.4, -0.2) is 64.7 Å². The quantitative estimate of drug-likeness (QED) is 0.0370. The van der Waals surface area contributed by atoms with Crippen LogP contribution in [0.15, 0.2) is 97.1 Å². The maximum atomic E-state index is 13.5. The summed E-state index contributed by atoms with van der Waals surface area (Å²) < 4.78 is 37.9. The maximum Gasteiger partial charge on any atom is 0.251 e. The van der Waals surface area contributed by atoms with Gasteiger partial charge in [-0.2, -0.15) is 15.0 Å². The van der Waals surface area contributed by atoms with E-state index in [0.29, 0.717) is 73.9 Å². The molecule has 5 aromatic rings. The molecule has 0 saturated heterocycles. The predicted molar refractivity (Wildman–Crippen MR) is 189 cm³/mol. The third-order valence-corrected chi connectivity index (χ3v) is 7.29. The van der Waals surface area contributed by atoms with Crippen LogP contribution in [0.5, 0.6) is 5.75 Å². The van der Waals surface area contributed by atoms with Crippen molar-refractivity contribution in [2.45, 2.75) is 19.4 Å². The molecule has 1 amide bonds. The molecule has 0 fully saturated rings. The number of nitrogens with zero attached hydrogens (tertiary/aromatic N) is 3. The number of aromatic hydroxyl groups is 1. The third kappa shape index (κ3) is 11.8. The number of nitrogens with one attached hydrogen (secondary N) is 4. The smallest absolute Gasteiger partial charge is 0.251 e. The first-order valence-electron chi connectivity index (χ1n) is 16.2. The number of Topliss-reactive ketones (excluding diaryl/α,β-unsaturated/α-hetero) is 1. The lowest BCUT2D eigenvalue weighted by atomic mass is 10.1. The van der Waals surface area contributed by atoms with Crippen molar-refractivity contribution in [1.82, 2.24) is 20.3 Å². The second-order valence-corrected chi connectivity index (χ2v) is 11.2. The molecule has 264 valence electrons. The molecule has 0 unspecified atom stereocenters. The van der Waals surface area contributed by atoms with Gasteiger partial charge in [0.1, 0.15) is 5.75 Å². The molecule has 12 nitrogen and oxygen atoms in total. The number of anilines is 5. The van der Waals surface area contributed by atoms with E-state index < -0.39 is 11.6 Å². The van der Waals surface area contributed by atoms with E-state index in [1.165, 1.54) is 18.2 Å². The number of phenols is 1. The van der Waals surface area contributed by atoms with Gasteiger partial charge in [0.05, 0.1) is 19.8 Å². The van der Waals surface area contributed by atoms with Crippen molar-refractivity contribution in [3.05, 3.63) is 125 Å². The van der Waals surface area contributed by atoms with Gasteiger partial charge < -0.3 is 35.8 Å². The number of hydrogen-bond acceptors (Lipinski definition) is 11. The SMILES string of the molecule is O=C(CCCOCCOCCNc1nc(Nc2ccc(O)cc2)nc(Nc2ccc(C(=O)NCc3ccc(F)c(F)c3)cc2)n1)c1ccccc1. The average Bonchev–Trinajstić information content (AvgIpc) is 3.14. The molecule has 0 radical (unpaired) electrons. The van der Waals surface area contributed by atoms with Gasteiger partial charge in [-0.25, -0.2) is 8.78 Å². The maximum absolute atomic E-state index is 13.5. The van der Waals surface area contributed by atoms with Gasteiger partial charge in [-0.3, -0.25) is 9.59 Å². The first kappa shape index (κ1) is 36.3. The van der Waals surface area contributed by atoms with Crippen LogP contribution >= 0.6 is 0 Å². The van der Waals surface area contributed by atoms with Crippen molar-refractivity contribution in [3.8, 4) is 5.75 Å². The average molecular weight is 698 g/mol. The molecule has 1 aromatic heterocycles. The number of ether oxygens (including phenoxy) is 2. The van der Waals surface area contributed by atoms with Crippen molar-refractivity contribution < 1.29 is 33.0 Å². The van der Waals surface area contributed by atoms with E-state index in [4.69, 9.17) is 9.47 Å². The van der Waals surface area contributed by atoms with Gasteiger partial charge in [0, 0.05) is 48.6 Å². The van der Waals surface area contributed by atoms with E-state index in [0.717, 1.165) is 12.1 Å². The zero-order valence-corrected chi connectivity index (χ0v) is 27.6. The number of rotatable bonds is 19. The van der Waals surface area contributed by atoms with E-state index >= 15 is 0 Å². The van der Waals surface area contributed by atoms with Crippen molar-refractivity contribution in [3.63, 3.8) is 0 Å². The summed E-state index contributed by atoms with van der Waals surface area (Å²) in [7, 11) is 0. The molecule has 1 heterocycles. The predicted octanol–water partition coefficient (Wildman–Crippen LogP) is 6.38. The highest BCUT2D eigenvalue weighted by molar-refractivity contribution is 5.96. The topological polar surface area (TPSA) is 160 Å². The van der Waals surface area contributed by atoms with Crippen molar-refractivity contribution in [2.75, 3.05) is 48.9 Å². The fourth-order valence-corrected chi connectivity index (χ4v) is 4.67. The second-order valence-electron chi connectivity index (χ2n) is 11.2. The lowest BCUT2D eigenvalue weighted by molar-refractivity contribution is 0.0497. The zero-order valence-electron chi connectivity index (χ0n) is 27.6. The minimum atomic E-state index is -0.980. The molecule has 0 aliphatic carbocycles. The fraction of sp³-hybridized carbons (Fsp3) is 0.216. The van der Waals surface area contributed by atoms with Gasteiger partial charge in [-0.1, -0.05) is 36.4 Å². The summed E-state index contributed by atoms with van der Waals surface area (Å²) in [5, 5.41) is 21.6. The molecule has 4 aromatic carbocycles. The number of hydrogen-bond donors (Lipinski definition) is 5. The Morgan fingerprint density at radius 3 is 1.96 bits per heavy atom. The Labute approximate surface area is 293 Å². The highest BCUT2D eigenvalue weighted by Gasteiger charge is 2.11. The van der Waals surface area contributed by atoms with Gasteiger partial charge in [0.25, 0.3) is 5.91 Å². The number of carbonyl (C=O) groups excluding carboxylic acids is 2. The second kappa shape index (κ2) is 18.7. The summed E-state index contributed by atoms with van der Waals surface area (Å²) >= 11 is 0. The molecule has 0 bridgehead atoms. The molecule has 0 aliphatic rings. The molecule has 14 heteroatoms. The number of halogens is 2. The Hall–Kier alpha value is -5.99. The fourth-order valence-electron chi connectivity index (χ4n) is 4.67. The van der Waals surface area contributed by atoms with Gasteiger partial charge in [-0.05, 0) is 72.6 Å². The molecular weight excluding hydrogens is 660 g/mol. The van der Waals surface area contributed by atoms with E-state index in [-0.39, 0.29) is 41.8 Å². The van der Waals surface area contributed by atoms with Crippen molar-refractivity contribution in [1.29, 1.82) is 0 Å². The Morgan fingerprint density at radius 1 is 0.667 bits per heavy atom. The summed E-state index contributed by atoms with van der Waals surface area (Å²) in [6.07, 6.45) is 1.06. The molecule has 0 aliphatic heterocycles. The molecule has 5 N–H and O–H groups in total. The van der Waals surface area contributed by atoms with Crippen molar-refractivity contribution >= 4 is 40.9 Å². The Balaban J connectivity index is 1.09. The lowest BCUT2D eigenvalue weighted by Gasteiger charge is -2.12. The largest absolute Gasteiger partial charge is 0.508 e. The highest BCUT2D eigenvalue weighted by atomic mass is 19.2. The normalized spacial score (nSPS) is 10.8. The van der Waals surface area contributed by atoms with E-state index in [1.807, 2.05) is 30.3 Å². The highest BCUT2D eigenvalue weighted by Crippen LogP contribution is 2.21. The van der Waals surface area contributed by atoms with E-state index in [1.54, 1.807) is 36.4 Å². The number of aromatic nitrogens is 3. The standard InChI is InChI=1S/C37H37F2N7O5/c38-31-17-8-25(23-32(31)39)24-41-34(49)27-9-11-28(12-10-27)42-36-44-35(45-37(46-36)43-29-13-15-30(47)16-14-29)40-18-20-51-22-21-50-19-4-7-33(48)26-5-2-1-3-6-26/h1-3,5-6,8-17,23,47H,4,7,18-22,24H2,(H,41,49)(H3,40,42,43,44,45,46). The van der Waals surface area contributed by atoms with E-state index in [9.17, 15) is 23.5 Å². The third-order valence-electron chi connectivity index (χ3n) is 7.29. The monoisotopic (exact) mass is 697 g/mol. The minimum absolute atomic E-state index is 0.0328. The van der Waals surface area contributed by atoms with E-state index in [2.05, 4.69) is 36.2 Å². The molecule has 51 heavy (non-hydrogen) atoms.